The highest BCUT2D eigenvalue weighted by molar-refractivity contribution is 6.03. The van der Waals surface area contributed by atoms with Gasteiger partial charge in [-0.15, -0.1) is 6.58 Å². The molecule has 60 heavy (non-hydrogen) atoms. The number of carbonyl (C=O) groups excluding carboxylic acids is 2. The van der Waals surface area contributed by atoms with Crippen LogP contribution in [-0.2, 0) is 27.5 Å². The zero-order valence-electron chi connectivity index (χ0n) is 34.5. The Bertz CT molecular complexity index is 2000. The molecule has 6 atom stereocenters. The quantitative estimate of drug-likeness (QED) is 0.0589. The van der Waals surface area contributed by atoms with Crippen molar-refractivity contribution in [2.24, 2.45) is 28.8 Å². The van der Waals surface area contributed by atoms with Crippen molar-refractivity contribution < 1.29 is 43.2 Å². The molecule has 3 aromatic rings. The number of carbonyl (C=O) groups is 2. The SMILES string of the molecule is C=CCOC12Oc3ccc(OC(=O)NCc4ccccc4)cc3C3C(CCCCO)C(CCCCO)C=C(C(=NOCC)CC1N(Cc1ccc(F)cc1)C(=O)C1CC1)C32. The molecule has 1 heterocycles. The smallest absolute Gasteiger partial charge is 0.412 e. The summed E-state index contributed by atoms with van der Waals surface area (Å²) in [4.78, 5) is 35.6. The molecular weight excluding hydrogens is 766 g/mol. The molecule has 7 rings (SSSR count). The van der Waals surface area contributed by atoms with Gasteiger partial charge >= 0.3 is 6.09 Å². The van der Waals surface area contributed by atoms with Crippen LogP contribution in [0.4, 0.5) is 9.18 Å². The predicted molar refractivity (Wildman–Crippen MR) is 226 cm³/mol. The van der Waals surface area contributed by atoms with Crippen LogP contribution < -0.4 is 14.8 Å². The highest BCUT2D eigenvalue weighted by atomic mass is 19.1. The number of nitrogens with one attached hydrogen (secondary N) is 1. The topological polar surface area (TPSA) is 139 Å². The number of ether oxygens (including phenoxy) is 3. The summed E-state index contributed by atoms with van der Waals surface area (Å²) in [5.41, 5.74) is 4.16. The van der Waals surface area contributed by atoms with Gasteiger partial charge in [0.1, 0.15) is 30.0 Å². The van der Waals surface area contributed by atoms with Crippen LogP contribution in [0.15, 0.2) is 102 Å². The number of hydrogen-bond acceptors (Lipinski definition) is 9. The Balaban J connectivity index is 1.39. The maximum Gasteiger partial charge on any atom is 0.412 e. The summed E-state index contributed by atoms with van der Waals surface area (Å²) in [6.45, 7) is 7.00. The second-order valence-electron chi connectivity index (χ2n) is 16.3. The molecule has 0 aromatic heterocycles. The molecule has 6 unspecified atom stereocenters. The van der Waals surface area contributed by atoms with Crippen LogP contribution >= 0.6 is 0 Å². The van der Waals surface area contributed by atoms with Crippen LogP contribution in [0.3, 0.4) is 0 Å². The number of aliphatic hydroxyl groups excluding tert-OH is 2. The third kappa shape index (κ3) is 9.61. The van der Waals surface area contributed by atoms with Crippen molar-refractivity contribution in [1.29, 1.82) is 0 Å². The lowest BCUT2D eigenvalue weighted by Crippen LogP contribution is -2.70. The lowest BCUT2D eigenvalue weighted by molar-refractivity contribution is -0.258. The Morgan fingerprint density at radius 1 is 1.00 bits per heavy atom. The largest absolute Gasteiger partial charge is 0.459 e. The van der Waals surface area contributed by atoms with E-state index in [1.54, 1.807) is 24.3 Å². The minimum atomic E-state index is -1.44. The number of unbranched alkanes of at least 4 members (excludes halogenated alkanes) is 2. The lowest BCUT2D eigenvalue weighted by Gasteiger charge is -2.60. The summed E-state index contributed by atoms with van der Waals surface area (Å²) in [5, 5.41) is 27.4. The molecule has 11 nitrogen and oxygen atoms in total. The van der Waals surface area contributed by atoms with Gasteiger partial charge in [-0.25, -0.2) is 9.18 Å². The number of benzene rings is 3. The number of aliphatic hydroxyl groups is 2. The van der Waals surface area contributed by atoms with E-state index in [-0.39, 0.29) is 68.2 Å². The summed E-state index contributed by atoms with van der Waals surface area (Å²) in [7, 11) is 0. The Kier molecular flexibility index (Phi) is 14.4. The Hall–Kier alpha value is -5.04. The van der Waals surface area contributed by atoms with E-state index in [1.165, 1.54) is 12.1 Å². The van der Waals surface area contributed by atoms with Gasteiger partial charge in [0.25, 0.3) is 0 Å². The summed E-state index contributed by atoms with van der Waals surface area (Å²) in [6.07, 6.45) is 9.60. The Labute approximate surface area is 352 Å². The van der Waals surface area contributed by atoms with Crippen molar-refractivity contribution in [2.75, 3.05) is 26.4 Å². The fourth-order valence-corrected chi connectivity index (χ4v) is 9.46. The van der Waals surface area contributed by atoms with Crippen molar-refractivity contribution in [2.45, 2.75) is 95.5 Å². The van der Waals surface area contributed by atoms with Crippen LogP contribution in [0.25, 0.3) is 0 Å². The van der Waals surface area contributed by atoms with Gasteiger partial charge in [-0.05, 0) is 104 Å². The molecule has 2 fully saturated rings. The van der Waals surface area contributed by atoms with E-state index in [1.807, 2.05) is 54.3 Å². The maximum atomic E-state index is 14.6. The second kappa shape index (κ2) is 20.0. The van der Waals surface area contributed by atoms with E-state index in [2.05, 4.69) is 18.0 Å². The summed E-state index contributed by atoms with van der Waals surface area (Å²) < 4.78 is 34.5. The first-order valence-corrected chi connectivity index (χ1v) is 21.5. The molecule has 3 aromatic carbocycles. The van der Waals surface area contributed by atoms with Gasteiger partial charge in [-0.1, -0.05) is 72.6 Å². The summed E-state index contributed by atoms with van der Waals surface area (Å²) in [5.74, 6) is -1.84. The predicted octanol–water partition coefficient (Wildman–Crippen LogP) is 8.21. The number of halogens is 1. The average Bonchev–Trinajstić information content (AvgIpc) is 4.12. The third-order valence-corrected chi connectivity index (χ3v) is 12.3. The van der Waals surface area contributed by atoms with Gasteiger partial charge < -0.3 is 39.5 Å². The molecule has 3 N–H and O–H groups in total. The molecule has 4 aliphatic rings. The molecule has 2 amide bonds. The summed E-state index contributed by atoms with van der Waals surface area (Å²) >= 11 is 0. The van der Waals surface area contributed by atoms with Gasteiger partial charge in [0.2, 0.25) is 11.7 Å². The van der Waals surface area contributed by atoms with Gasteiger partial charge in [0, 0.05) is 50.1 Å². The molecule has 2 saturated carbocycles. The van der Waals surface area contributed by atoms with Gasteiger partial charge in [-0.2, -0.15) is 0 Å². The van der Waals surface area contributed by atoms with Crippen molar-refractivity contribution in [1.82, 2.24) is 10.2 Å². The number of nitrogens with zero attached hydrogens (tertiary/aromatic N) is 2. The van der Waals surface area contributed by atoms with Crippen LogP contribution in [0.1, 0.15) is 87.3 Å². The molecule has 1 aliphatic heterocycles. The maximum absolute atomic E-state index is 14.6. The van der Waals surface area contributed by atoms with Crippen LogP contribution in [0, 0.1) is 29.5 Å². The van der Waals surface area contributed by atoms with Crippen LogP contribution in [0.2, 0.25) is 0 Å². The monoisotopic (exact) mass is 823 g/mol. The zero-order chi connectivity index (χ0) is 42.1. The standard InChI is InChI=1S/C48H58FN3O8/c1-3-26-57-48-43(52(46(55)34-18-19-34)31-33-16-20-36(49)21-17-33)29-41(51-58-4-2)39-27-35(14-8-10-24-53)38(15-9-11-25-54)44(45(39)48)40-28-37(22-23-42(40)60-48)59-47(56)50-30-32-12-6-5-7-13-32/h3,5-7,12-13,16-17,20-23,27-28,34-35,38,43-45,53-54H,1,4,8-11,14-15,18-19,24-26,29-31H2,2H3,(H,50,56). The molecule has 0 spiro atoms. The zero-order valence-corrected chi connectivity index (χ0v) is 34.5. The van der Waals surface area contributed by atoms with Gasteiger partial charge in [-0.3, -0.25) is 4.79 Å². The highest BCUT2D eigenvalue weighted by Gasteiger charge is 2.66. The first-order chi connectivity index (χ1) is 29.3. The third-order valence-electron chi connectivity index (χ3n) is 12.3. The molecule has 320 valence electrons. The first-order valence-electron chi connectivity index (χ1n) is 21.5. The number of allylic oxidation sites excluding steroid dienone is 1. The first kappa shape index (κ1) is 43.1. The molecule has 0 radical (unpaired) electrons. The van der Waals surface area contributed by atoms with Crippen molar-refractivity contribution in [3.05, 3.63) is 120 Å². The minimum absolute atomic E-state index is 0.00252. The molecular formula is C48H58FN3O8. The number of fused-ring (bicyclic) bond motifs is 2. The minimum Gasteiger partial charge on any atom is -0.459 e. The average molecular weight is 824 g/mol. The van der Waals surface area contributed by atoms with E-state index in [0.717, 1.165) is 60.8 Å². The number of amides is 2. The highest BCUT2D eigenvalue weighted by Crippen LogP contribution is 2.62. The fourth-order valence-electron chi connectivity index (χ4n) is 9.46. The second-order valence-corrected chi connectivity index (χ2v) is 16.3. The van der Waals surface area contributed by atoms with E-state index in [4.69, 9.17) is 24.2 Å². The van der Waals surface area contributed by atoms with E-state index >= 15 is 0 Å². The molecule has 0 saturated heterocycles. The van der Waals surface area contributed by atoms with Gasteiger partial charge in [0.15, 0.2) is 0 Å². The molecule has 0 bridgehead atoms. The Morgan fingerprint density at radius 2 is 1.75 bits per heavy atom. The fraction of sp³-hybridized carbons (Fsp3) is 0.479. The number of rotatable bonds is 20. The van der Waals surface area contributed by atoms with E-state index in [0.29, 0.717) is 43.2 Å². The van der Waals surface area contributed by atoms with Gasteiger partial charge in [0.05, 0.1) is 18.2 Å². The van der Waals surface area contributed by atoms with Crippen molar-refractivity contribution in [3.8, 4) is 11.5 Å². The summed E-state index contributed by atoms with van der Waals surface area (Å²) in [6, 6.07) is 20.5. The van der Waals surface area contributed by atoms with Crippen LogP contribution in [-0.4, -0.2) is 71.1 Å². The Morgan fingerprint density at radius 3 is 2.45 bits per heavy atom. The molecule has 12 heteroatoms. The van der Waals surface area contributed by atoms with Crippen molar-refractivity contribution >= 4 is 17.7 Å². The van der Waals surface area contributed by atoms with E-state index < -0.39 is 23.8 Å². The van der Waals surface area contributed by atoms with Crippen LogP contribution in [0.5, 0.6) is 11.5 Å². The number of hydrogen-bond donors (Lipinski definition) is 3. The normalized spacial score (nSPS) is 24.6. The molecule has 3 aliphatic carbocycles. The number of oxime groups is 1. The van der Waals surface area contributed by atoms with E-state index in [9.17, 15) is 24.2 Å². The lowest BCUT2D eigenvalue weighted by atomic mass is 9.55. The van der Waals surface area contributed by atoms with Crippen molar-refractivity contribution in [3.63, 3.8) is 0 Å².